The summed E-state index contributed by atoms with van der Waals surface area (Å²) in [5.74, 6) is -0.719. The Morgan fingerprint density at radius 2 is 1.52 bits per heavy atom. The van der Waals surface area contributed by atoms with Crippen molar-refractivity contribution in [2.24, 2.45) is 0 Å². The smallest absolute Gasteiger partial charge is 0.244 e. The molecule has 0 aliphatic heterocycles. The summed E-state index contributed by atoms with van der Waals surface area (Å²) < 4.78 is 27.2. The van der Waals surface area contributed by atoms with Gasteiger partial charge in [-0.1, -0.05) is 79.2 Å². The van der Waals surface area contributed by atoms with E-state index in [-0.39, 0.29) is 18.5 Å². The Balaban J connectivity index is 2.08. The molecule has 1 N–H and O–H groups in total. The van der Waals surface area contributed by atoms with Crippen LogP contribution in [0.5, 0.6) is 0 Å². The average molecular weight is 564 g/mol. The molecule has 2 atom stereocenters. The maximum Gasteiger partial charge on any atom is 0.244 e. The number of nitrogens with zero attached hydrogens (tertiary/aromatic N) is 2. The molecule has 0 spiro atoms. The van der Waals surface area contributed by atoms with Gasteiger partial charge in [-0.25, -0.2) is 8.42 Å². The third-order valence-electron chi connectivity index (χ3n) is 7.27. The van der Waals surface area contributed by atoms with Crippen LogP contribution in [0.15, 0.2) is 72.8 Å². The van der Waals surface area contributed by atoms with E-state index in [1.807, 2.05) is 95.3 Å². The maximum atomic E-state index is 14.2. The van der Waals surface area contributed by atoms with Gasteiger partial charge in [0.1, 0.15) is 12.6 Å². The molecule has 0 saturated carbocycles. The summed E-state index contributed by atoms with van der Waals surface area (Å²) >= 11 is 0. The number of carbonyl (C=O) groups is 2. The number of nitrogens with one attached hydrogen (secondary N) is 1. The lowest BCUT2D eigenvalue weighted by Gasteiger charge is -2.34. The predicted molar refractivity (Wildman–Crippen MR) is 162 cm³/mol. The van der Waals surface area contributed by atoms with E-state index in [0.29, 0.717) is 12.1 Å². The van der Waals surface area contributed by atoms with Gasteiger partial charge in [0.15, 0.2) is 0 Å². The van der Waals surface area contributed by atoms with Crippen LogP contribution in [0.4, 0.5) is 5.69 Å². The minimum Gasteiger partial charge on any atom is -0.352 e. The Labute approximate surface area is 239 Å². The highest BCUT2D eigenvalue weighted by molar-refractivity contribution is 7.92. The number of sulfonamides is 1. The van der Waals surface area contributed by atoms with Crippen molar-refractivity contribution in [2.45, 2.75) is 66.1 Å². The van der Waals surface area contributed by atoms with Gasteiger partial charge in [0.25, 0.3) is 0 Å². The van der Waals surface area contributed by atoms with Crippen molar-refractivity contribution in [2.75, 3.05) is 17.1 Å². The zero-order valence-electron chi connectivity index (χ0n) is 24.3. The van der Waals surface area contributed by atoms with Crippen LogP contribution in [-0.2, 0) is 32.6 Å². The Morgan fingerprint density at radius 1 is 0.875 bits per heavy atom. The Kier molecular flexibility index (Phi) is 10.5. The van der Waals surface area contributed by atoms with E-state index in [2.05, 4.69) is 5.32 Å². The van der Waals surface area contributed by atoms with Crippen molar-refractivity contribution in [1.82, 2.24) is 10.2 Å². The minimum atomic E-state index is -3.81. The summed E-state index contributed by atoms with van der Waals surface area (Å²) in [5.41, 5.74) is 4.99. The molecule has 0 aromatic heterocycles. The fraction of sp³-hybridized carbons (Fsp3) is 0.375. The van der Waals surface area contributed by atoms with Gasteiger partial charge in [0, 0.05) is 19.0 Å². The van der Waals surface area contributed by atoms with Crippen LogP contribution in [0.2, 0.25) is 0 Å². The molecular formula is C32H41N3O4S. The Bertz CT molecular complexity index is 1410. The first-order valence-corrected chi connectivity index (χ1v) is 15.5. The molecule has 0 heterocycles. The molecular weight excluding hydrogens is 522 g/mol. The monoisotopic (exact) mass is 563 g/mol. The van der Waals surface area contributed by atoms with Gasteiger partial charge in [-0.15, -0.1) is 0 Å². The molecule has 0 fully saturated rings. The van der Waals surface area contributed by atoms with Crippen molar-refractivity contribution in [1.29, 1.82) is 0 Å². The van der Waals surface area contributed by atoms with Gasteiger partial charge < -0.3 is 10.2 Å². The highest BCUT2D eigenvalue weighted by Crippen LogP contribution is 2.26. The van der Waals surface area contributed by atoms with Gasteiger partial charge in [0.05, 0.1) is 11.9 Å². The second-order valence-corrected chi connectivity index (χ2v) is 12.4. The third kappa shape index (κ3) is 8.18. The normalized spacial score (nSPS) is 12.8. The first-order chi connectivity index (χ1) is 18.9. The van der Waals surface area contributed by atoms with E-state index in [4.69, 9.17) is 0 Å². The SMILES string of the molecule is CC[C@@H](C)NC(=O)[C@H](Cc1ccccc1)N(Cc1ccc(C)cc1)C(=O)CN(c1cccc(C)c1C)S(C)(=O)=O. The zero-order chi connectivity index (χ0) is 29.4. The molecule has 0 radical (unpaired) electrons. The van der Waals surface area contributed by atoms with Gasteiger partial charge in [-0.2, -0.15) is 0 Å². The number of rotatable bonds is 12. The summed E-state index contributed by atoms with van der Waals surface area (Å²) in [6, 6.07) is 21.8. The van der Waals surface area contributed by atoms with Crippen LogP contribution >= 0.6 is 0 Å². The summed E-state index contributed by atoms with van der Waals surface area (Å²) in [4.78, 5) is 29.4. The van der Waals surface area contributed by atoms with Gasteiger partial charge >= 0.3 is 0 Å². The number of hydrogen-bond donors (Lipinski definition) is 1. The van der Waals surface area contributed by atoms with E-state index < -0.39 is 28.5 Å². The van der Waals surface area contributed by atoms with Gasteiger partial charge in [-0.3, -0.25) is 13.9 Å². The van der Waals surface area contributed by atoms with Crippen LogP contribution < -0.4 is 9.62 Å². The van der Waals surface area contributed by atoms with Gasteiger partial charge in [-0.05, 0) is 62.4 Å². The molecule has 7 nitrogen and oxygen atoms in total. The van der Waals surface area contributed by atoms with Crippen molar-refractivity contribution >= 4 is 27.5 Å². The number of hydrogen-bond acceptors (Lipinski definition) is 4. The van der Waals surface area contributed by atoms with E-state index in [0.717, 1.165) is 44.8 Å². The molecule has 3 rings (SSSR count). The molecule has 0 aliphatic carbocycles. The van der Waals surface area contributed by atoms with Crippen LogP contribution in [0, 0.1) is 20.8 Å². The fourth-order valence-corrected chi connectivity index (χ4v) is 5.39. The molecule has 3 aromatic rings. The van der Waals surface area contributed by atoms with Crippen molar-refractivity contribution in [3.8, 4) is 0 Å². The highest BCUT2D eigenvalue weighted by atomic mass is 32.2. The molecule has 0 unspecified atom stereocenters. The number of anilines is 1. The molecule has 40 heavy (non-hydrogen) atoms. The molecule has 214 valence electrons. The molecule has 0 saturated heterocycles. The van der Waals surface area contributed by atoms with Crippen LogP contribution in [0.1, 0.15) is 48.1 Å². The Hall–Kier alpha value is -3.65. The lowest BCUT2D eigenvalue weighted by Crippen LogP contribution is -2.54. The minimum absolute atomic E-state index is 0.0791. The summed E-state index contributed by atoms with van der Waals surface area (Å²) in [6.07, 6.45) is 2.14. The van der Waals surface area contributed by atoms with E-state index in [1.165, 1.54) is 4.90 Å². The number of amides is 2. The van der Waals surface area contributed by atoms with Crippen molar-refractivity contribution < 1.29 is 18.0 Å². The summed E-state index contributed by atoms with van der Waals surface area (Å²) in [6.45, 7) is 9.38. The van der Waals surface area contributed by atoms with Crippen LogP contribution in [0.25, 0.3) is 0 Å². The van der Waals surface area contributed by atoms with Crippen LogP contribution in [0.3, 0.4) is 0 Å². The molecule has 3 aromatic carbocycles. The first-order valence-electron chi connectivity index (χ1n) is 13.6. The first kappa shape index (κ1) is 30.9. The van der Waals surface area contributed by atoms with E-state index in [1.54, 1.807) is 12.1 Å². The highest BCUT2D eigenvalue weighted by Gasteiger charge is 2.33. The number of benzene rings is 3. The quantitative estimate of drug-likeness (QED) is 0.339. The number of aryl methyl sites for hydroxylation is 2. The van der Waals surface area contributed by atoms with E-state index in [9.17, 15) is 18.0 Å². The van der Waals surface area contributed by atoms with Crippen molar-refractivity contribution in [3.05, 3.63) is 101 Å². The lowest BCUT2D eigenvalue weighted by molar-refractivity contribution is -0.140. The molecule has 0 aliphatic rings. The Morgan fingerprint density at radius 3 is 2.12 bits per heavy atom. The van der Waals surface area contributed by atoms with Crippen molar-refractivity contribution in [3.63, 3.8) is 0 Å². The second-order valence-electron chi connectivity index (χ2n) is 10.5. The van der Waals surface area contributed by atoms with Crippen LogP contribution in [-0.4, -0.2) is 50.0 Å². The third-order valence-corrected chi connectivity index (χ3v) is 8.40. The molecule has 8 heteroatoms. The summed E-state index contributed by atoms with van der Waals surface area (Å²) in [7, 11) is -3.81. The molecule has 2 amide bonds. The topological polar surface area (TPSA) is 86.8 Å². The zero-order valence-corrected chi connectivity index (χ0v) is 25.2. The average Bonchev–Trinajstić information content (AvgIpc) is 2.91. The lowest BCUT2D eigenvalue weighted by atomic mass is 10.0. The molecule has 0 bridgehead atoms. The number of carbonyl (C=O) groups excluding carboxylic acids is 2. The largest absolute Gasteiger partial charge is 0.352 e. The standard InChI is InChI=1S/C32H41N3O4S/c1-7-25(4)33-32(37)30(20-27-13-9-8-10-14-27)34(21-28-18-16-23(2)17-19-28)31(36)22-35(40(6,38)39)29-15-11-12-24(3)26(29)5/h8-19,25,30H,7,20-22H2,1-6H3,(H,33,37)/t25-,30+/m1/s1. The van der Waals surface area contributed by atoms with E-state index >= 15 is 0 Å². The fourth-order valence-electron chi connectivity index (χ4n) is 4.49. The second kappa shape index (κ2) is 13.6. The summed E-state index contributed by atoms with van der Waals surface area (Å²) in [5, 5.41) is 3.05. The van der Waals surface area contributed by atoms with Gasteiger partial charge in [0.2, 0.25) is 21.8 Å². The maximum absolute atomic E-state index is 14.2. The predicted octanol–water partition coefficient (Wildman–Crippen LogP) is 4.93.